The van der Waals surface area contributed by atoms with Gasteiger partial charge in [-0.15, -0.1) is 11.3 Å². The van der Waals surface area contributed by atoms with E-state index in [0.29, 0.717) is 10.6 Å². The van der Waals surface area contributed by atoms with Gasteiger partial charge in [-0.05, 0) is 50.3 Å². The molecular formula is C21H24N2O4S. The summed E-state index contributed by atoms with van der Waals surface area (Å²) >= 11 is 1.43. The molecule has 1 heterocycles. The topological polar surface area (TPSA) is 75.7 Å². The first-order chi connectivity index (χ1) is 13.4. The van der Waals surface area contributed by atoms with Crippen molar-refractivity contribution in [1.82, 2.24) is 0 Å². The maximum absolute atomic E-state index is 12.9. The first kappa shape index (κ1) is 20.1. The van der Waals surface area contributed by atoms with Gasteiger partial charge in [0.15, 0.2) is 6.10 Å². The number of fused-ring (bicyclic) bond motifs is 1. The molecule has 0 unspecified atom stereocenters. The van der Waals surface area contributed by atoms with Gasteiger partial charge in [0.25, 0.3) is 5.91 Å². The number of likely N-dealkylation sites (N-methyl/N-ethyl adjacent to an activating group) is 1. The zero-order valence-electron chi connectivity index (χ0n) is 16.3. The Hall–Kier alpha value is -2.67. The lowest BCUT2D eigenvalue weighted by Crippen LogP contribution is -2.37. The highest BCUT2D eigenvalue weighted by Crippen LogP contribution is 2.38. The van der Waals surface area contributed by atoms with E-state index in [1.807, 2.05) is 30.3 Å². The second-order valence-corrected chi connectivity index (χ2v) is 7.98. The van der Waals surface area contributed by atoms with Crippen molar-refractivity contribution in [2.24, 2.45) is 0 Å². The number of thiophene rings is 1. The van der Waals surface area contributed by atoms with E-state index in [4.69, 9.17) is 4.74 Å². The first-order valence-electron chi connectivity index (χ1n) is 9.34. The van der Waals surface area contributed by atoms with Crippen LogP contribution >= 0.6 is 11.3 Å². The van der Waals surface area contributed by atoms with Gasteiger partial charge in [0.2, 0.25) is 5.91 Å². The lowest BCUT2D eigenvalue weighted by atomic mass is 9.95. The van der Waals surface area contributed by atoms with E-state index in [2.05, 4.69) is 5.32 Å². The molecule has 0 bridgehead atoms. The molecule has 0 saturated heterocycles. The number of rotatable bonds is 5. The van der Waals surface area contributed by atoms with Crippen LogP contribution < -0.4 is 10.2 Å². The third kappa shape index (κ3) is 4.25. The molecule has 2 aromatic rings. The van der Waals surface area contributed by atoms with Gasteiger partial charge in [0.1, 0.15) is 5.00 Å². The van der Waals surface area contributed by atoms with E-state index in [1.165, 1.54) is 23.2 Å². The van der Waals surface area contributed by atoms with Crippen molar-refractivity contribution in [3.63, 3.8) is 0 Å². The van der Waals surface area contributed by atoms with Crippen molar-refractivity contribution in [2.75, 3.05) is 17.3 Å². The molecule has 0 saturated carbocycles. The Bertz CT molecular complexity index is 891. The van der Waals surface area contributed by atoms with Crippen LogP contribution in [0.5, 0.6) is 0 Å². The van der Waals surface area contributed by atoms with Crippen molar-refractivity contribution < 1.29 is 19.1 Å². The van der Waals surface area contributed by atoms with Gasteiger partial charge < -0.3 is 15.0 Å². The summed E-state index contributed by atoms with van der Waals surface area (Å²) in [4.78, 5) is 39.7. The van der Waals surface area contributed by atoms with Crippen LogP contribution in [0.1, 0.15) is 47.5 Å². The maximum atomic E-state index is 12.9. The molecule has 1 atom stereocenters. The number of hydrogen-bond acceptors (Lipinski definition) is 5. The molecule has 28 heavy (non-hydrogen) atoms. The SMILES string of the molecule is CC(=O)Nc1sc2c(c1C(=O)O[C@@H](C)C(=O)N(C)c1ccccc1)CCCC2. The van der Waals surface area contributed by atoms with Crippen molar-refractivity contribution in [3.8, 4) is 0 Å². The standard InChI is InChI=1S/C21H24N2O4S/c1-13(20(25)23(3)15-9-5-4-6-10-15)27-21(26)18-16-11-7-8-12-17(16)28-19(18)22-14(2)24/h4-6,9-10,13H,7-8,11-12H2,1-3H3,(H,22,24)/t13-/m0/s1. The highest BCUT2D eigenvalue weighted by Gasteiger charge is 2.30. The van der Waals surface area contributed by atoms with E-state index in [-0.39, 0.29) is 11.8 Å². The van der Waals surface area contributed by atoms with E-state index < -0.39 is 12.1 Å². The molecule has 1 aromatic carbocycles. The number of nitrogens with one attached hydrogen (secondary N) is 1. The molecule has 0 aliphatic heterocycles. The number of aryl methyl sites for hydroxylation is 1. The number of para-hydroxylation sites is 1. The second-order valence-electron chi connectivity index (χ2n) is 6.88. The number of benzene rings is 1. The lowest BCUT2D eigenvalue weighted by molar-refractivity contribution is -0.126. The molecule has 0 fully saturated rings. The van der Waals surface area contributed by atoms with Crippen LogP contribution in [0.4, 0.5) is 10.7 Å². The predicted octanol–water partition coefficient (Wildman–Crippen LogP) is 3.79. The number of carbonyl (C=O) groups is 3. The van der Waals surface area contributed by atoms with Crippen LogP contribution in [-0.4, -0.2) is 30.9 Å². The Morgan fingerprint density at radius 2 is 1.82 bits per heavy atom. The monoisotopic (exact) mass is 400 g/mol. The van der Waals surface area contributed by atoms with Gasteiger partial charge >= 0.3 is 5.97 Å². The summed E-state index contributed by atoms with van der Waals surface area (Å²) in [5.74, 6) is -1.12. The fourth-order valence-corrected chi connectivity index (χ4v) is 4.67. The average molecular weight is 401 g/mol. The van der Waals surface area contributed by atoms with Gasteiger partial charge in [-0.1, -0.05) is 18.2 Å². The molecule has 2 amide bonds. The Labute approximate surface area is 168 Å². The van der Waals surface area contributed by atoms with Crippen molar-refractivity contribution in [2.45, 2.75) is 45.6 Å². The van der Waals surface area contributed by atoms with Gasteiger partial charge in [-0.25, -0.2) is 4.79 Å². The van der Waals surface area contributed by atoms with Crippen LogP contribution in [0, 0.1) is 0 Å². The lowest BCUT2D eigenvalue weighted by Gasteiger charge is -2.22. The highest BCUT2D eigenvalue weighted by molar-refractivity contribution is 7.17. The van der Waals surface area contributed by atoms with E-state index in [9.17, 15) is 14.4 Å². The van der Waals surface area contributed by atoms with Gasteiger partial charge in [0.05, 0.1) is 5.56 Å². The molecule has 1 aliphatic rings. The number of anilines is 2. The minimum atomic E-state index is -0.943. The number of nitrogens with zero attached hydrogens (tertiary/aromatic N) is 1. The van der Waals surface area contributed by atoms with E-state index in [0.717, 1.165) is 41.8 Å². The zero-order chi connectivity index (χ0) is 20.3. The van der Waals surface area contributed by atoms with Crippen LogP contribution in [-0.2, 0) is 27.2 Å². The number of carbonyl (C=O) groups excluding carboxylic acids is 3. The van der Waals surface area contributed by atoms with Crippen LogP contribution in [0.25, 0.3) is 0 Å². The Balaban J connectivity index is 1.79. The third-order valence-electron chi connectivity index (χ3n) is 4.77. The third-order valence-corrected chi connectivity index (χ3v) is 5.98. The number of ether oxygens (including phenoxy) is 1. The zero-order valence-corrected chi connectivity index (χ0v) is 17.1. The normalized spacial score (nSPS) is 14.0. The minimum absolute atomic E-state index is 0.236. The largest absolute Gasteiger partial charge is 0.449 e. The summed E-state index contributed by atoms with van der Waals surface area (Å²) in [5.41, 5.74) is 2.07. The smallest absolute Gasteiger partial charge is 0.342 e. The van der Waals surface area contributed by atoms with Crippen LogP contribution in [0.3, 0.4) is 0 Å². The summed E-state index contributed by atoms with van der Waals surface area (Å²) in [5, 5.41) is 3.26. The average Bonchev–Trinajstić information content (AvgIpc) is 3.04. The van der Waals surface area contributed by atoms with Gasteiger partial charge in [-0.3, -0.25) is 9.59 Å². The molecule has 7 heteroatoms. The minimum Gasteiger partial charge on any atom is -0.449 e. The molecular weight excluding hydrogens is 376 g/mol. The summed E-state index contributed by atoms with van der Waals surface area (Å²) < 4.78 is 5.51. The molecule has 1 aromatic heterocycles. The van der Waals surface area contributed by atoms with E-state index in [1.54, 1.807) is 14.0 Å². The van der Waals surface area contributed by atoms with E-state index >= 15 is 0 Å². The van der Waals surface area contributed by atoms with Crippen molar-refractivity contribution in [1.29, 1.82) is 0 Å². The summed E-state index contributed by atoms with van der Waals surface area (Å²) in [6.07, 6.45) is 2.79. The van der Waals surface area contributed by atoms with Gasteiger partial charge in [-0.2, -0.15) is 0 Å². The summed E-state index contributed by atoms with van der Waals surface area (Å²) in [7, 11) is 1.65. The molecule has 1 aliphatic carbocycles. The Kier molecular flexibility index (Phi) is 6.14. The number of amides is 2. The second kappa shape index (κ2) is 8.56. The predicted molar refractivity (Wildman–Crippen MR) is 110 cm³/mol. The molecule has 0 spiro atoms. The van der Waals surface area contributed by atoms with Crippen molar-refractivity contribution >= 4 is 39.8 Å². The quantitative estimate of drug-likeness (QED) is 0.775. The van der Waals surface area contributed by atoms with Crippen LogP contribution in [0.2, 0.25) is 0 Å². The number of esters is 1. The molecule has 1 N–H and O–H groups in total. The molecule has 3 rings (SSSR count). The van der Waals surface area contributed by atoms with Gasteiger partial charge in [0, 0.05) is 24.5 Å². The first-order valence-corrected chi connectivity index (χ1v) is 10.2. The maximum Gasteiger partial charge on any atom is 0.342 e. The Morgan fingerprint density at radius 3 is 2.50 bits per heavy atom. The highest BCUT2D eigenvalue weighted by atomic mass is 32.1. The summed E-state index contributed by atoms with van der Waals surface area (Å²) in [6, 6.07) is 9.18. The molecule has 6 nitrogen and oxygen atoms in total. The number of hydrogen-bond donors (Lipinski definition) is 1. The fourth-order valence-electron chi connectivity index (χ4n) is 3.35. The Morgan fingerprint density at radius 1 is 1.14 bits per heavy atom. The fraction of sp³-hybridized carbons (Fsp3) is 0.381. The van der Waals surface area contributed by atoms with Crippen molar-refractivity contribution in [3.05, 3.63) is 46.3 Å². The molecule has 0 radical (unpaired) electrons. The molecule has 148 valence electrons. The van der Waals surface area contributed by atoms with Crippen LogP contribution in [0.15, 0.2) is 30.3 Å². The summed E-state index contributed by atoms with van der Waals surface area (Å²) in [6.45, 7) is 2.98.